The third-order valence-corrected chi connectivity index (χ3v) is 7.35. The highest BCUT2D eigenvalue weighted by atomic mass is 19.2. The van der Waals surface area contributed by atoms with Crippen molar-refractivity contribution >= 4 is 0 Å². The van der Waals surface area contributed by atoms with E-state index in [2.05, 4.69) is 6.92 Å². The highest BCUT2D eigenvalue weighted by Gasteiger charge is 2.26. The van der Waals surface area contributed by atoms with Gasteiger partial charge in [0, 0.05) is 5.56 Å². The van der Waals surface area contributed by atoms with E-state index in [4.69, 9.17) is 4.74 Å². The third kappa shape index (κ3) is 5.55. The largest absolute Gasteiger partial charge is 0.491 e. The molecule has 0 N–H and O–H groups in total. The Bertz CT molecular complexity index is 1150. The first-order valence-corrected chi connectivity index (χ1v) is 12.6. The molecule has 1 aliphatic carbocycles. The minimum absolute atomic E-state index is 0.0801. The van der Waals surface area contributed by atoms with E-state index in [-0.39, 0.29) is 29.4 Å². The van der Waals surface area contributed by atoms with E-state index in [9.17, 15) is 13.2 Å². The minimum atomic E-state index is -0.973. The molecule has 4 rings (SSSR count). The molecule has 0 aromatic heterocycles. The molecular weight excluding hydrogens is 452 g/mol. The lowest BCUT2D eigenvalue weighted by Gasteiger charge is -2.28. The fourth-order valence-electron chi connectivity index (χ4n) is 5.15. The lowest BCUT2D eigenvalue weighted by molar-refractivity contribution is 0.312. The lowest BCUT2D eigenvalue weighted by Crippen LogP contribution is -2.14. The van der Waals surface area contributed by atoms with Gasteiger partial charge in [0.25, 0.3) is 0 Å². The number of halogens is 4. The van der Waals surface area contributed by atoms with Gasteiger partial charge in [0.05, 0.1) is 6.61 Å². The van der Waals surface area contributed by atoms with E-state index in [1.807, 2.05) is 12.1 Å². The van der Waals surface area contributed by atoms with E-state index in [0.29, 0.717) is 29.9 Å². The van der Waals surface area contributed by atoms with E-state index in [1.165, 1.54) is 12.1 Å². The van der Waals surface area contributed by atoms with Gasteiger partial charge in [0.2, 0.25) is 5.82 Å². The van der Waals surface area contributed by atoms with Gasteiger partial charge in [0.1, 0.15) is 0 Å². The van der Waals surface area contributed by atoms with Crippen LogP contribution < -0.4 is 4.74 Å². The summed E-state index contributed by atoms with van der Waals surface area (Å²) in [4.78, 5) is 0. The zero-order valence-corrected chi connectivity index (χ0v) is 20.4. The van der Waals surface area contributed by atoms with Gasteiger partial charge in [-0.3, -0.25) is 0 Å². The number of hydrogen-bond acceptors (Lipinski definition) is 1. The predicted molar refractivity (Wildman–Crippen MR) is 132 cm³/mol. The first kappa shape index (κ1) is 25.3. The van der Waals surface area contributed by atoms with Gasteiger partial charge >= 0.3 is 0 Å². The Morgan fingerprint density at radius 2 is 1.43 bits per heavy atom. The molecule has 186 valence electrons. The summed E-state index contributed by atoms with van der Waals surface area (Å²) in [6.45, 7) is 4.15. The Labute approximate surface area is 205 Å². The highest BCUT2D eigenvalue weighted by Crippen LogP contribution is 2.39. The van der Waals surface area contributed by atoms with Crippen LogP contribution in [0.1, 0.15) is 68.6 Å². The molecular formula is C30H32F4O. The molecule has 0 bridgehead atoms. The molecule has 0 spiro atoms. The summed E-state index contributed by atoms with van der Waals surface area (Å²) in [5.41, 5.74) is 2.48. The van der Waals surface area contributed by atoms with Crippen LogP contribution in [-0.2, 0) is 12.8 Å². The van der Waals surface area contributed by atoms with E-state index >= 15 is 4.39 Å². The molecule has 0 amide bonds. The van der Waals surface area contributed by atoms with Crippen LogP contribution in [0.5, 0.6) is 5.75 Å². The molecule has 0 aliphatic heterocycles. The Balaban J connectivity index is 1.44. The number of hydrogen-bond donors (Lipinski definition) is 0. The fourth-order valence-corrected chi connectivity index (χ4v) is 5.15. The summed E-state index contributed by atoms with van der Waals surface area (Å²) < 4.78 is 63.5. The quantitative estimate of drug-likeness (QED) is 0.290. The second-order valence-corrected chi connectivity index (χ2v) is 9.44. The predicted octanol–water partition coefficient (Wildman–Crippen LogP) is 8.78. The van der Waals surface area contributed by atoms with Crippen LogP contribution in [-0.4, -0.2) is 6.61 Å². The summed E-state index contributed by atoms with van der Waals surface area (Å²) in [6.07, 6.45) is 5.89. The van der Waals surface area contributed by atoms with E-state index in [0.717, 1.165) is 37.7 Å². The van der Waals surface area contributed by atoms with E-state index in [1.54, 1.807) is 31.2 Å². The molecule has 3 aromatic carbocycles. The van der Waals surface area contributed by atoms with Gasteiger partial charge < -0.3 is 4.74 Å². The van der Waals surface area contributed by atoms with Crippen molar-refractivity contribution in [2.75, 3.05) is 6.61 Å². The molecule has 1 nitrogen and oxygen atoms in total. The van der Waals surface area contributed by atoms with Crippen LogP contribution in [0.25, 0.3) is 11.1 Å². The minimum Gasteiger partial charge on any atom is -0.491 e. The maximum Gasteiger partial charge on any atom is 0.200 e. The maximum atomic E-state index is 15.0. The Morgan fingerprint density at radius 1 is 0.714 bits per heavy atom. The van der Waals surface area contributed by atoms with Crippen molar-refractivity contribution in [1.29, 1.82) is 0 Å². The van der Waals surface area contributed by atoms with Crippen molar-refractivity contribution in [3.8, 4) is 16.9 Å². The number of rotatable bonds is 8. The van der Waals surface area contributed by atoms with Crippen molar-refractivity contribution in [1.82, 2.24) is 0 Å². The second-order valence-electron chi connectivity index (χ2n) is 9.44. The zero-order chi connectivity index (χ0) is 24.9. The Kier molecular flexibility index (Phi) is 8.15. The second kappa shape index (κ2) is 11.3. The highest BCUT2D eigenvalue weighted by molar-refractivity contribution is 5.65. The zero-order valence-electron chi connectivity index (χ0n) is 20.4. The molecule has 5 heteroatoms. The van der Waals surface area contributed by atoms with Gasteiger partial charge in [-0.25, -0.2) is 13.2 Å². The van der Waals surface area contributed by atoms with Gasteiger partial charge in [-0.15, -0.1) is 0 Å². The normalized spacial score (nSPS) is 18.0. The average Bonchev–Trinajstić information content (AvgIpc) is 2.88. The summed E-state index contributed by atoms with van der Waals surface area (Å²) in [6, 6.07) is 13.5. The fraction of sp³-hybridized carbons (Fsp3) is 0.400. The van der Waals surface area contributed by atoms with Crippen molar-refractivity contribution in [2.45, 2.75) is 64.7 Å². The maximum absolute atomic E-state index is 15.0. The average molecular weight is 485 g/mol. The van der Waals surface area contributed by atoms with Crippen molar-refractivity contribution in [3.05, 3.63) is 88.5 Å². The van der Waals surface area contributed by atoms with Crippen molar-refractivity contribution in [2.24, 2.45) is 5.92 Å². The number of aryl methyl sites for hydroxylation is 2. The molecule has 0 unspecified atom stereocenters. The first-order chi connectivity index (χ1) is 16.9. The third-order valence-electron chi connectivity index (χ3n) is 7.35. The molecule has 1 aliphatic rings. The van der Waals surface area contributed by atoms with Gasteiger partial charge in [-0.05, 0) is 85.6 Å². The van der Waals surface area contributed by atoms with Gasteiger partial charge in [-0.2, -0.15) is 4.39 Å². The number of benzene rings is 3. The summed E-state index contributed by atoms with van der Waals surface area (Å²) in [5, 5.41) is 0. The molecule has 1 fully saturated rings. The molecule has 3 aromatic rings. The molecule has 1 saturated carbocycles. The van der Waals surface area contributed by atoms with Crippen LogP contribution in [0.3, 0.4) is 0 Å². The molecule has 0 saturated heterocycles. The standard InChI is InChI=1S/C30H32F4O/c1-3-19-5-10-21(11-6-19)24-16-17-25(29(33)28(24)32)22-12-7-20(8-13-22)9-14-23-15-18-26(35-4-2)30(34)27(23)31/h7-8,12-13,15-19,21H,3-6,9-11,14H2,1-2H3. The van der Waals surface area contributed by atoms with Gasteiger partial charge in [0.15, 0.2) is 23.2 Å². The van der Waals surface area contributed by atoms with Gasteiger partial charge in [-0.1, -0.05) is 55.8 Å². The molecule has 0 radical (unpaired) electrons. The summed E-state index contributed by atoms with van der Waals surface area (Å²) >= 11 is 0. The number of ether oxygens (including phenoxy) is 1. The van der Waals surface area contributed by atoms with Crippen LogP contribution in [0.4, 0.5) is 17.6 Å². The van der Waals surface area contributed by atoms with Crippen molar-refractivity contribution in [3.63, 3.8) is 0 Å². The Morgan fingerprint density at radius 3 is 2.09 bits per heavy atom. The van der Waals surface area contributed by atoms with E-state index < -0.39 is 23.3 Å². The monoisotopic (exact) mass is 484 g/mol. The topological polar surface area (TPSA) is 9.23 Å². The first-order valence-electron chi connectivity index (χ1n) is 12.6. The van der Waals surface area contributed by atoms with Crippen LogP contribution >= 0.6 is 0 Å². The Hall–Kier alpha value is -2.82. The molecule has 0 atom stereocenters. The van der Waals surface area contributed by atoms with Crippen LogP contribution in [0.15, 0.2) is 48.5 Å². The smallest absolute Gasteiger partial charge is 0.200 e. The summed E-state index contributed by atoms with van der Waals surface area (Å²) in [7, 11) is 0. The lowest BCUT2D eigenvalue weighted by atomic mass is 9.77. The summed E-state index contributed by atoms with van der Waals surface area (Å²) in [5.74, 6) is -2.72. The molecule has 35 heavy (non-hydrogen) atoms. The SMILES string of the molecule is CCOc1ccc(CCc2ccc(-c3ccc(C4CCC(CC)CC4)c(F)c3F)cc2)c(F)c1F. The molecule has 0 heterocycles. The van der Waals surface area contributed by atoms with Crippen LogP contribution in [0.2, 0.25) is 0 Å². The van der Waals surface area contributed by atoms with Crippen LogP contribution in [0, 0.1) is 29.2 Å². The van der Waals surface area contributed by atoms with Crippen molar-refractivity contribution < 1.29 is 22.3 Å².